The average molecular weight is 271 g/mol. The van der Waals surface area contributed by atoms with Crippen molar-refractivity contribution in [2.45, 2.75) is 30.6 Å². The van der Waals surface area contributed by atoms with Crippen molar-refractivity contribution >= 4 is 15.9 Å². The van der Waals surface area contributed by atoms with Crippen LogP contribution in [0, 0.1) is 5.92 Å². The first-order chi connectivity index (χ1) is 8.47. The van der Waals surface area contributed by atoms with Gasteiger partial charge in [0.2, 0.25) is 10.0 Å². The van der Waals surface area contributed by atoms with E-state index in [4.69, 9.17) is 5.14 Å². The summed E-state index contributed by atoms with van der Waals surface area (Å²) in [5.41, 5.74) is 0.213. The van der Waals surface area contributed by atoms with Gasteiger partial charge in [0.25, 0.3) is 5.91 Å². The molecule has 1 fully saturated rings. The van der Waals surface area contributed by atoms with Crippen LogP contribution in [0.15, 0.2) is 17.2 Å². The molecule has 0 radical (unpaired) electrons. The Kier molecular flexibility index (Phi) is 3.72. The number of carbonyl (C=O) groups excluding carboxylic acids is 1. The summed E-state index contributed by atoms with van der Waals surface area (Å²) >= 11 is 0. The number of rotatable bonds is 6. The van der Waals surface area contributed by atoms with Crippen LogP contribution in [0.1, 0.15) is 36.2 Å². The first kappa shape index (κ1) is 13.1. The number of carbonyl (C=O) groups is 1. The highest BCUT2D eigenvalue weighted by molar-refractivity contribution is 7.89. The van der Waals surface area contributed by atoms with Crippen molar-refractivity contribution in [3.8, 4) is 0 Å². The Morgan fingerprint density at radius 1 is 1.50 bits per heavy atom. The molecule has 7 heteroatoms. The van der Waals surface area contributed by atoms with Crippen LogP contribution >= 0.6 is 0 Å². The second-order valence-corrected chi connectivity index (χ2v) is 6.20. The number of aromatic nitrogens is 1. The Hall–Kier alpha value is -1.34. The summed E-state index contributed by atoms with van der Waals surface area (Å²) in [5, 5.41) is 7.69. The lowest BCUT2D eigenvalue weighted by molar-refractivity contribution is 0.0948. The standard InChI is InChI=1S/C11H17N3O3S/c12-18(16,17)9-6-10(14-7-9)11(15)13-5-1-2-8-3-4-8/h6-8,14H,1-5H2,(H,13,15)(H2,12,16,17). The summed E-state index contributed by atoms with van der Waals surface area (Å²) in [7, 11) is -3.75. The molecular formula is C11H17N3O3S. The van der Waals surface area contributed by atoms with E-state index in [1.54, 1.807) is 0 Å². The molecule has 1 aliphatic carbocycles. The summed E-state index contributed by atoms with van der Waals surface area (Å²) in [4.78, 5) is 14.2. The van der Waals surface area contributed by atoms with Crippen LogP contribution in [-0.2, 0) is 10.0 Å². The van der Waals surface area contributed by atoms with Crippen molar-refractivity contribution in [2.24, 2.45) is 11.1 Å². The minimum atomic E-state index is -3.75. The van der Waals surface area contributed by atoms with Gasteiger partial charge in [-0.3, -0.25) is 4.79 Å². The van der Waals surface area contributed by atoms with Gasteiger partial charge < -0.3 is 10.3 Å². The van der Waals surface area contributed by atoms with Crippen molar-refractivity contribution in [1.82, 2.24) is 10.3 Å². The molecule has 0 bridgehead atoms. The molecule has 4 N–H and O–H groups in total. The predicted octanol–water partition coefficient (Wildman–Crippen LogP) is 0.582. The van der Waals surface area contributed by atoms with Gasteiger partial charge in [0.1, 0.15) is 5.69 Å². The second-order valence-electron chi connectivity index (χ2n) is 4.64. The van der Waals surface area contributed by atoms with Gasteiger partial charge in [-0.2, -0.15) is 0 Å². The highest BCUT2D eigenvalue weighted by atomic mass is 32.2. The van der Waals surface area contributed by atoms with E-state index in [0.29, 0.717) is 6.54 Å². The highest BCUT2D eigenvalue weighted by Gasteiger charge is 2.20. The lowest BCUT2D eigenvalue weighted by Crippen LogP contribution is -2.24. The van der Waals surface area contributed by atoms with Crippen molar-refractivity contribution in [3.63, 3.8) is 0 Å². The number of H-pyrrole nitrogens is 1. The van der Waals surface area contributed by atoms with Crippen molar-refractivity contribution in [1.29, 1.82) is 0 Å². The Morgan fingerprint density at radius 3 is 2.78 bits per heavy atom. The van der Waals surface area contributed by atoms with Crippen LogP contribution in [0.4, 0.5) is 0 Å². The van der Waals surface area contributed by atoms with E-state index in [-0.39, 0.29) is 16.5 Å². The quantitative estimate of drug-likeness (QED) is 0.659. The molecule has 1 aliphatic rings. The highest BCUT2D eigenvalue weighted by Crippen LogP contribution is 2.33. The minimum absolute atomic E-state index is 0.0781. The lowest BCUT2D eigenvalue weighted by Gasteiger charge is -2.02. The molecule has 0 saturated heterocycles. The molecule has 0 aliphatic heterocycles. The molecule has 100 valence electrons. The molecular weight excluding hydrogens is 254 g/mol. The van der Waals surface area contributed by atoms with E-state index in [9.17, 15) is 13.2 Å². The first-order valence-electron chi connectivity index (χ1n) is 5.96. The van der Waals surface area contributed by atoms with Gasteiger partial charge in [0, 0.05) is 12.7 Å². The number of amides is 1. The Morgan fingerprint density at radius 2 is 2.22 bits per heavy atom. The number of aromatic amines is 1. The van der Waals surface area contributed by atoms with Crippen LogP contribution < -0.4 is 10.5 Å². The van der Waals surface area contributed by atoms with Crippen molar-refractivity contribution in [2.75, 3.05) is 6.54 Å². The zero-order valence-electron chi connectivity index (χ0n) is 9.98. The molecule has 1 aromatic heterocycles. The average Bonchev–Trinajstić information content (AvgIpc) is 2.95. The number of sulfonamides is 1. The van der Waals surface area contributed by atoms with Gasteiger partial charge in [-0.1, -0.05) is 12.8 Å². The molecule has 0 spiro atoms. The topological polar surface area (TPSA) is 105 Å². The molecule has 0 unspecified atom stereocenters. The Balaban J connectivity index is 1.82. The molecule has 0 atom stereocenters. The summed E-state index contributed by atoms with van der Waals surface area (Å²) < 4.78 is 22.1. The molecule has 18 heavy (non-hydrogen) atoms. The maximum Gasteiger partial charge on any atom is 0.267 e. The fourth-order valence-corrected chi connectivity index (χ4v) is 2.27. The number of nitrogens with two attached hydrogens (primary N) is 1. The summed E-state index contributed by atoms with van der Waals surface area (Å²) in [5.74, 6) is 0.544. The van der Waals surface area contributed by atoms with Gasteiger partial charge in [-0.15, -0.1) is 0 Å². The molecule has 1 saturated carbocycles. The van der Waals surface area contributed by atoms with Crippen LogP contribution in [0.2, 0.25) is 0 Å². The molecule has 1 amide bonds. The third-order valence-corrected chi connectivity index (χ3v) is 3.89. The third kappa shape index (κ3) is 3.58. The SMILES string of the molecule is NS(=O)(=O)c1c[nH]c(C(=O)NCCCC2CC2)c1. The fraction of sp³-hybridized carbons (Fsp3) is 0.545. The largest absolute Gasteiger partial charge is 0.356 e. The maximum atomic E-state index is 11.7. The van der Waals surface area contributed by atoms with Crippen LogP contribution in [0.3, 0.4) is 0 Å². The zero-order valence-corrected chi connectivity index (χ0v) is 10.8. The van der Waals surface area contributed by atoms with Gasteiger partial charge in [-0.05, 0) is 24.8 Å². The minimum Gasteiger partial charge on any atom is -0.356 e. The molecule has 1 aromatic rings. The van der Waals surface area contributed by atoms with E-state index in [1.807, 2.05) is 0 Å². The van der Waals surface area contributed by atoms with E-state index < -0.39 is 10.0 Å². The van der Waals surface area contributed by atoms with E-state index >= 15 is 0 Å². The van der Waals surface area contributed by atoms with Crippen LogP contribution in [0.25, 0.3) is 0 Å². The monoisotopic (exact) mass is 271 g/mol. The second kappa shape index (κ2) is 5.11. The van der Waals surface area contributed by atoms with E-state index in [1.165, 1.54) is 25.1 Å². The maximum absolute atomic E-state index is 11.7. The smallest absolute Gasteiger partial charge is 0.267 e. The molecule has 1 heterocycles. The van der Waals surface area contributed by atoms with E-state index in [0.717, 1.165) is 18.8 Å². The van der Waals surface area contributed by atoms with Crippen molar-refractivity contribution in [3.05, 3.63) is 18.0 Å². The summed E-state index contributed by atoms with van der Waals surface area (Å²) in [6.07, 6.45) is 5.94. The normalized spacial score (nSPS) is 15.6. The third-order valence-electron chi connectivity index (χ3n) is 3.00. The number of nitrogens with one attached hydrogen (secondary N) is 2. The van der Waals surface area contributed by atoms with Gasteiger partial charge >= 0.3 is 0 Å². The Labute approximate surface area is 106 Å². The predicted molar refractivity (Wildman–Crippen MR) is 66.5 cm³/mol. The zero-order chi connectivity index (χ0) is 13.2. The summed E-state index contributed by atoms with van der Waals surface area (Å²) in [6, 6.07) is 1.24. The Bertz CT molecular complexity index is 531. The lowest BCUT2D eigenvalue weighted by atomic mass is 10.2. The van der Waals surface area contributed by atoms with Gasteiger partial charge in [-0.25, -0.2) is 13.6 Å². The first-order valence-corrected chi connectivity index (χ1v) is 7.51. The molecule has 0 aromatic carbocycles. The van der Waals surface area contributed by atoms with Gasteiger partial charge in [0.05, 0.1) is 4.90 Å². The fourth-order valence-electron chi connectivity index (χ4n) is 1.76. The number of primary sulfonamides is 1. The van der Waals surface area contributed by atoms with Crippen molar-refractivity contribution < 1.29 is 13.2 Å². The number of hydrogen-bond acceptors (Lipinski definition) is 3. The number of hydrogen-bond donors (Lipinski definition) is 3. The summed E-state index contributed by atoms with van der Waals surface area (Å²) in [6.45, 7) is 0.610. The van der Waals surface area contributed by atoms with E-state index in [2.05, 4.69) is 10.3 Å². The van der Waals surface area contributed by atoms with Crippen LogP contribution in [0.5, 0.6) is 0 Å². The van der Waals surface area contributed by atoms with Gasteiger partial charge in [0.15, 0.2) is 0 Å². The van der Waals surface area contributed by atoms with Crippen LogP contribution in [-0.4, -0.2) is 25.9 Å². The molecule has 2 rings (SSSR count). The molecule has 6 nitrogen and oxygen atoms in total.